The van der Waals surface area contributed by atoms with Crippen LogP contribution >= 0.6 is 0 Å². The van der Waals surface area contributed by atoms with Crippen LogP contribution in [0.2, 0.25) is 0 Å². The van der Waals surface area contributed by atoms with Crippen LogP contribution in [-0.4, -0.2) is 26.4 Å². The summed E-state index contributed by atoms with van der Waals surface area (Å²) in [6, 6.07) is 10.2. The lowest BCUT2D eigenvalue weighted by atomic mass is 10.1. The molecule has 2 aromatic heterocycles. The van der Waals surface area contributed by atoms with Gasteiger partial charge in [0.15, 0.2) is 0 Å². The Hall–Kier alpha value is -3.15. The number of nitrogens with zero attached hydrogens (tertiary/aromatic N) is 2. The Bertz CT molecular complexity index is 944. The van der Waals surface area contributed by atoms with Crippen LogP contribution in [0.4, 0.5) is 5.69 Å². The fraction of sp³-hybridized carbons (Fsp3) is 0.167. The smallest absolute Gasteiger partial charge is 0.335 e. The number of imidazole rings is 1. The minimum atomic E-state index is -1.03. The third-order valence-electron chi connectivity index (χ3n) is 3.88. The normalized spacial score (nSPS) is 10.8. The molecule has 2 N–H and O–H groups in total. The maximum absolute atomic E-state index is 12.8. The van der Waals surface area contributed by atoms with Gasteiger partial charge in [-0.05, 0) is 43.2 Å². The number of anilines is 1. The van der Waals surface area contributed by atoms with E-state index in [1.54, 1.807) is 16.7 Å². The van der Waals surface area contributed by atoms with Crippen molar-refractivity contribution in [3.05, 3.63) is 65.1 Å². The van der Waals surface area contributed by atoms with E-state index in [2.05, 4.69) is 10.3 Å². The fourth-order valence-electron chi connectivity index (χ4n) is 2.60. The number of hydrogen-bond acceptors (Lipinski definition) is 3. The largest absolute Gasteiger partial charge is 0.478 e. The average Bonchev–Trinajstić information content (AvgIpc) is 2.95. The standard InChI is InChI=1S/C18H17N3O3/c1-3-13-16(21-9-5-4-6-15(21)19-13)17(22)20-14-10-12(18(23)24)8-7-11(14)2/h4-10H,3H2,1-2H3,(H,20,22)(H,23,24). The number of carboxylic acid groups (broad SMARTS) is 1. The molecule has 6 heteroatoms. The molecule has 0 aliphatic heterocycles. The first-order valence-electron chi connectivity index (χ1n) is 7.62. The zero-order chi connectivity index (χ0) is 17.3. The van der Waals surface area contributed by atoms with Gasteiger partial charge >= 0.3 is 5.97 Å². The maximum atomic E-state index is 12.8. The van der Waals surface area contributed by atoms with E-state index < -0.39 is 5.97 Å². The Balaban J connectivity index is 2.02. The first kappa shape index (κ1) is 15.7. The van der Waals surface area contributed by atoms with Crippen molar-refractivity contribution in [2.75, 3.05) is 5.32 Å². The van der Waals surface area contributed by atoms with Gasteiger partial charge in [0.2, 0.25) is 0 Å². The van der Waals surface area contributed by atoms with E-state index in [-0.39, 0.29) is 11.5 Å². The van der Waals surface area contributed by atoms with Gasteiger partial charge in [-0.25, -0.2) is 9.78 Å². The van der Waals surface area contributed by atoms with Gasteiger partial charge in [-0.1, -0.05) is 19.1 Å². The summed E-state index contributed by atoms with van der Waals surface area (Å²) in [5, 5.41) is 11.9. The van der Waals surface area contributed by atoms with E-state index in [1.165, 1.54) is 12.1 Å². The molecule has 0 aliphatic rings. The number of nitrogens with one attached hydrogen (secondary N) is 1. The van der Waals surface area contributed by atoms with Gasteiger partial charge in [-0.2, -0.15) is 0 Å². The third kappa shape index (κ3) is 2.74. The molecule has 24 heavy (non-hydrogen) atoms. The first-order valence-corrected chi connectivity index (χ1v) is 7.62. The quantitative estimate of drug-likeness (QED) is 0.772. The van der Waals surface area contributed by atoms with Crippen molar-refractivity contribution in [2.24, 2.45) is 0 Å². The monoisotopic (exact) mass is 323 g/mol. The second kappa shape index (κ2) is 6.16. The molecule has 0 unspecified atom stereocenters. The van der Waals surface area contributed by atoms with Crippen molar-refractivity contribution in [1.82, 2.24) is 9.38 Å². The lowest BCUT2D eigenvalue weighted by molar-refractivity contribution is 0.0696. The van der Waals surface area contributed by atoms with Crippen molar-refractivity contribution in [3.63, 3.8) is 0 Å². The highest BCUT2D eigenvalue weighted by Crippen LogP contribution is 2.20. The number of fused-ring (bicyclic) bond motifs is 1. The van der Waals surface area contributed by atoms with Gasteiger partial charge in [0, 0.05) is 11.9 Å². The van der Waals surface area contributed by atoms with Crippen molar-refractivity contribution in [2.45, 2.75) is 20.3 Å². The van der Waals surface area contributed by atoms with Crippen LogP contribution in [0.1, 0.15) is 39.0 Å². The molecule has 0 atom stereocenters. The predicted octanol–water partition coefficient (Wildman–Crippen LogP) is 3.16. The minimum Gasteiger partial charge on any atom is -0.478 e. The number of aromatic nitrogens is 2. The Labute approximate surface area is 138 Å². The summed E-state index contributed by atoms with van der Waals surface area (Å²) in [4.78, 5) is 28.4. The van der Waals surface area contributed by atoms with Crippen molar-refractivity contribution in [1.29, 1.82) is 0 Å². The molecule has 0 fully saturated rings. The fourth-order valence-corrected chi connectivity index (χ4v) is 2.60. The van der Waals surface area contributed by atoms with E-state index in [0.29, 0.717) is 29.1 Å². The Kier molecular flexibility index (Phi) is 4.04. The van der Waals surface area contributed by atoms with Gasteiger partial charge in [0.05, 0.1) is 11.3 Å². The number of amides is 1. The molecule has 0 spiro atoms. The lowest BCUT2D eigenvalue weighted by Crippen LogP contribution is -2.17. The molecule has 2 heterocycles. The molecule has 0 saturated carbocycles. The highest BCUT2D eigenvalue weighted by Gasteiger charge is 2.19. The molecule has 0 radical (unpaired) electrons. The number of carbonyl (C=O) groups excluding carboxylic acids is 1. The molecule has 1 amide bonds. The van der Waals surface area contributed by atoms with Gasteiger partial charge in [0.1, 0.15) is 11.3 Å². The molecule has 0 aliphatic carbocycles. The minimum absolute atomic E-state index is 0.129. The predicted molar refractivity (Wildman–Crippen MR) is 90.7 cm³/mol. The number of pyridine rings is 1. The highest BCUT2D eigenvalue weighted by molar-refractivity contribution is 6.05. The lowest BCUT2D eigenvalue weighted by Gasteiger charge is -2.10. The van der Waals surface area contributed by atoms with Crippen LogP contribution in [0.15, 0.2) is 42.6 Å². The summed E-state index contributed by atoms with van der Waals surface area (Å²) in [5.41, 5.74) is 3.27. The molecule has 1 aromatic carbocycles. The van der Waals surface area contributed by atoms with E-state index in [0.717, 1.165) is 5.56 Å². The van der Waals surface area contributed by atoms with Crippen molar-refractivity contribution >= 4 is 23.2 Å². The van der Waals surface area contributed by atoms with Crippen LogP contribution in [0, 0.1) is 6.92 Å². The zero-order valence-electron chi connectivity index (χ0n) is 13.4. The molecule has 0 saturated heterocycles. The maximum Gasteiger partial charge on any atom is 0.335 e. The summed E-state index contributed by atoms with van der Waals surface area (Å²) in [5.74, 6) is -1.34. The summed E-state index contributed by atoms with van der Waals surface area (Å²) < 4.78 is 1.74. The molecular formula is C18H17N3O3. The number of hydrogen-bond donors (Lipinski definition) is 2. The Morgan fingerprint density at radius 3 is 2.75 bits per heavy atom. The average molecular weight is 323 g/mol. The van der Waals surface area contributed by atoms with E-state index in [4.69, 9.17) is 5.11 Å². The summed E-state index contributed by atoms with van der Waals surface area (Å²) >= 11 is 0. The van der Waals surface area contributed by atoms with Crippen molar-refractivity contribution in [3.8, 4) is 0 Å². The topological polar surface area (TPSA) is 83.7 Å². The van der Waals surface area contributed by atoms with Crippen LogP contribution < -0.4 is 5.32 Å². The molecule has 3 rings (SSSR count). The van der Waals surface area contributed by atoms with Gasteiger partial charge in [-0.3, -0.25) is 9.20 Å². The number of aryl methyl sites for hydroxylation is 2. The summed E-state index contributed by atoms with van der Waals surface area (Å²) in [6.07, 6.45) is 2.41. The third-order valence-corrected chi connectivity index (χ3v) is 3.88. The SMILES string of the molecule is CCc1nc2ccccn2c1C(=O)Nc1cc(C(=O)O)ccc1C. The Morgan fingerprint density at radius 1 is 1.25 bits per heavy atom. The number of aromatic carboxylic acids is 1. The molecule has 0 bridgehead atoms. The van der Waals surface area contributed by atoms with Gasteiger partial charge < -0.3 is 10.4 Å². The van der Waals surface area contributed by atoms with Gasteiger partial charge in [0.25, 0.3) is 5.91 Å². The van der Waals surface area contributed by atoms with E-state index in [1.807, 2.05) is 32.0 Å². The summed E-state index contributed by atoms with van der Waals surface area (Å²) in [6.45, 7) is 3.76. The van der Waals surface area contributed by atoms with Crippen LogP contribution in [-0.2, 0) is 6.42 Å². The van der Waals surface area contributed by atoms with Crippen LogP contribution in [0.5, 0.6) is 0 Å². The molecule has 122 valence electrons. The second-order valence-electron chi connectivity index (χ2n) is 5.48. The number of rotatable bonds is 4. The molecular weight excluding hydrogens is 306 g/mol. The molecule has 3 aromatic rings. The zero-order valence-corrected chi connectivity index (χ0v) is 13.4. The number of benzene rings is 1. The van der Waals surface area contributed by atoms with Crippen LogP contribution in [0.3, 0.4) is 0 Å². The van der Waals surface area contributed by atoms with E-state index in [9.17, 15) is 9.59 Å². The number of carboxylic acids is 1. The second-order valence-corrected chi connectivity index (χ2v) is 5.48. The van der Waals surface area contributed by atoms with Crippen molar-refractivity contribution < 1.29 is 14.7 Å². The first-order chi connectivity index (χ1) is 11.5. The summed E-state index contributed by atoms with van der Waals surface area (Å²) in [7, 11) is 0. The van der Waals surface area contributed by atoms with E-state index >= 15 is 0 Å². The van der Waals surface area contributed by atoms with Gasteiger partial charge in [-0.15, -0.1) is 0 Å². The Morgan fingerprint density at radius 2 is 2.04 bits per heavy atom. The molecule has 6 nitrogen and oxygen atoms in total. The highest BCUT2D eigenvalue weighted by atomic mass is 16.4. The number of carbonyl (C=O) groups is 2. The van der Waals surface area contributed by atoms with Crippen LogP contribution in [0.25, 0.3) is 5.65 Å².